The zero-order valence-electron chi connectivity index (χ0n) is 26.5. The van der Waals surface area contributed by atoms with Gasteiger partial charge in [0, 0.05) is 69.7 Å². The number of hydrogen-bond donors (Lipinski definition) is 4. The van der Waals surface area contributed by atoms with Crippen LogP contribution in [0.25, 0.3) is 0 Å². The highest BCUT2D eigenvalue weighted by molar-refractivity contribution is 6.32. The predicted octanol–water partition coefficient (Wildman–Crippen LogP) is 1.98. The minimum atomic E-state index is -1.30. The SMILES string of the molecule is CC(C)C[C@H]1NC(=O)[C@H]([C@@H](C)O)NC(=O)c2ccc(c(Cl)c2)OCCCn2cc(nn2)CCN(Cc2cccnc2)CCNC1=O. The van der Waals surface area contributed by atoms with Gasteiger partial charge in [-0.25, -0.2) is 0 Å². The zero-order chi connectivity index (χ0) is 33.1. The van der Waals surface area contributed by atoms with Crippen LogP contribution >= 0.6 is 11.6 Å². The average molecular weight is 655 g/mol. The van der Waals surface area contributed by atoms with E-state index in [-0.39, 0.29) is 22.4 Å². The number of rotatable bonds is 5. The fourth-order valence-corrected chi connectivity index (χ4v) is 5.31. The van der Waals surface area contributed by atoms with E-state index in [1.54, 1.807) is 16.9 Å². The van der Waals surface area contributed by atoms with E-state index in [1.807, 2.05) is 38.4 Å². The van der Waals surface area contributed by atoms with Crippen molar-refractivity contribution in [1.29, 1.82) is 0 Å². The molecule has 248 valence electrons. The summed E-state index contributed by atoms with van der Waals surface area (Å²) in [6.07, 6.45) is 5.90. The first-order valence-electron chi connectivity index (χ1n) is 15.6. The molecule has 0 radical (unpaired) electrons. The number of aliphatic hydroxyl groups excluding tert-OH is 1. The van der Waals surface area contributed by atoms with Gasteiger partial charge >= 0.3 is 0 Å². The number of carbonyl (C=O) groups excluding carboxylic acids is 3. The predicted molar refractivity (Wildman–Crippen MR) is 172 cm³/mol. The molecule has 13 nitrogen and oxygen atoms in total. The lowest BCUT2D eigenvalue weighted by atomic mass is 10.0. The highest BCUT2D eigenvalue weighted by Gasteiger charge is 2.30. The number of hydrogen-bond acceptors (Lipinski definition) is 9. The number of fused-ring (bicyclic) bond motifs is 17. The van der Waals surface area contributed by atoms with Crippen LogP contribution in [0, 0.1) is 5.92 Å². The summed E-state index contributed by atoms with van der Waals surface area (Å²) in [4.78, 5) is 46.2. The molecule has 46 heavy (non-hydrogen) atoms. The molecule has 5 rings (SSSR count). The molecular formula is C32H43ClN8O5. The summed E-state index contributed by atoms with van der Waals surface area (Å²) in [5.74, 6) is -1.13. The van der Waals surface area contributed by atoms with Gasteiger partial charge in [-0.15, -0.1) is 5.10 Å². The maximum absolute atomic E-state index is 13.4. The van der Waals surface area contributed by atoms with E-state index in [9.17, 15) is 19.5 Å². The largest absolute Gasteiger partial charge is 0.492 e. The number of nitrogens with zero attached hydrogens (tertiary/aromatic N) is 5. The molecule has 3 atom stereocenters. The molecule has 4 N–H and O–H groups in total. The van der Waals surface area contributed by atoms with Crippen LogP contribution < -0.4 is 20.7 Å². The molecule has 14 heteroatoms. The van der Waals surface area contributed by atoms with Crippen LogP contribution in [0.2, 0.25) is 5.02 Å². The van der Waals surface area contributed by atoms with Crippen molar-refractivity contribution in [3.05, 3.63) is 70.8 Å². The molecule has 4 bridgehead atoms. The Hall–Kier alpha value is -4.07. The molecule has 0 unspecified atom stereocenters. The Bertz CT molecular complexity index is 1450. The second kappa shape index (κ2) is 17.0. The van der Waals surface area contributed by atoms with Gasteiger partial charge in [0.1, 0.15) is 17.8 Å². The molecule has 3 aromatic rings. The van der Waals surface area contributed by atoms with Crippen LogP contribution in [-0.2, 0) is 29.1 Å². The van der Waals surface area contributed by atoms with Gasteiger partial charge in [-0.05, 0) is 49.1 Å². The Morgan fingerprint density at radius 3 is 2.63 bits per heavy atom. The lowest BCUT2D eigenvalue weighted by Gasteiger charge is -2.26. The van der Waals surface area contributed by atoms with Crippen molar-refractivity contribution in [2.45, 2.75) is 71.3 Å². The van der Waals surface area contributed by atoms with Crippen molar-refractivity contribution < 1.29 is 24.2 Å². The Balaban J connectivity index is 1.55. The minimum Gasteiger partial charge on any atom is -0.492 e. The number of aromatic nitrogens is 4. The smallest absolute Gasteiger partial charge is 0.252 e. The summed E-state index contributed by atoms with van der Waals surface area (Å²) in [6, 6.07) is 6.27. The number of aliphatic hydroxyl groups is 1. The summed E-state index contributed by atoms with van der Waals surface area (Å²) in [5, 5.41) is 27.5. The topological polar surface area (TPSA) is 164 Å². The summed E-state index contributed by atoms with van der Waals surface area (Å²) >= 11 is 6.41. The zero-order valence-corrected chi connectivity index (χ0v) is 27.2. The van der Waals surface area contributed by atoms with E-state index in [0.29, 0.717) is 64.3 Å². The number of benzene rings is 1. The van der Waals surface area contributed by atoms with E-state index < -0.39 is 30.0 Å². The van der Waals surface area contributed by atoms with Crippen molar-refractivity contribution >= 4 is 29.3 Å². The third-order valence-corrected chi connectivity index (χ3v) is 7.80. The van der Waals surface area contributed by atoms with Gasteiger partial charge in [-0.3, -0.25) is 28.9 Å². The molecule has 0 aliphatic carbocycles. The first-order chi connectivity index (χ1) is 22.1. The normalized spacial score (nSPS) is 20.3. The Morgan fingerprint density at radius 1 is 1.09 bits per heavy atom. The summed E-state index contributed by atoms with van der Waals surface area (Å²) in [5.41, 5.74) is 2.07. The van der Waals surface area contributed by atoms with Crippen LogP contribution in [0.15, 0.2) is 48.9 Å². The fourth-order valence-electron chi connectivity index (χ4n) is 5.08. The number of ether oxygens (including phenoxy) is 1. The number of amides is 3. The van der Waals surface area contributed by atoms with Crippen molar-refractivity contribution in [3.63, 3.8) is 0 Å². The number of pyridine rings is 1. The van der Waals surface area contributed by atoms with E-state index in [1.165, 1.54) is 19.1 Å². The number of aryl methyl sites for hydroxylation is 1. The third-order valence-electron chi connectivity index (χ3n) is 7.50. The van der Waals surface area contributed by atoms with Gasteiger partial charge in [0.15, 0.2) is 0 Å². The second-order valence-electron chi connectivity index (χ2n) is 11.9. The monoisotopic (exact) mass is 654 g/mol. The van der Waals surface area contributed by atoms with Crippen molar-refractivity contribution in [2.75, 3.05) is 26.2 Å². The summed E-state index contributed by atoms with van der Waals surface area (Å²) in [6.45, 7) is 8.43. The molecule has 1 aromatic carbocycles. The highest BCUT2D eigenvalue weighted by atomic mass is 35.5. The summed E-state index contributed by atoms with van der Waals surface area (Å²) < 4.78 is 7.61. The quantitative estimate of drug-likeness (QED) is 0.301. The minimum absolute atomic E-state index is 0.0841. The Kier molecular flexibility index (Phi) is 12.9. The van der Waals surface area contributed by atoms with Gasteiger partial charge in [-0.1, -0.05) is 36.7 Å². The molecule has 2 aliphatic heterocycles. The maximum atomic E-state index is 13.4. The van der Waals surface area contributed by atoms with Crippen molar-refractivity contribution in [1.82, 2.24) is 40.8 Å². The molecule has 0 saturated heterocycles. The standard InChI is InChI=1S/C32H43ClN8O5/c1-21(2)16-27-31(44)35-11-14-40(19-23-6-4-10-34-18-23)13-9-25-20-41(39-38-25)12-5-15-46-28-8-7-24(17-26(28)33)30(43)37-29(22(3)42)32(45)36-27/h4,6-8,10,17-18,20-22,27,29,42H,5,9,11-16,19H2,1-3H3,(H,35,44)(H,36,45)(H,37,43)/t22-,27-,29+/m1/s1. The van der Waals surface area contributed by atoms with Crippen molar-refractivity contribution in [2.24, 2.45) is 5.92 Å². The van der Waals surface area contributed by atoms with Crippen LogP contribution in [0.4, 0.5) is 0 Å². The van der Waals surface area contributed by atoms with Gasteiger partial charge in [0.25, 0.3) is 5.91 Å². The van der Waals surface area contributed by atoms with Crippen LogP contribution in [0.3, 0.4) is 0 Å². The molecule has 2 aromatic heterocycles. The molecule has 0 fully saturated rings. The lowest BCUT2D eigenvalue weighted by Crippen LogP contribution is -2.57. The van der Waals surface area contributed by atoms with Gasteiger partial charge in [0.2, 0.25) is 11.8 Å². The van der Waals surface area contributed by atoms with Gasteiger partial charge in [-0.2, -0.15) is 0 Å². The molecule has 0 saturated carbocycles. The van der Waals surface area contributed by atoms with Gasteiger partial charge in [0.05, 0.1) is 23.4 Å². The van der Waals surface area contributed by atoms with E-state index in [2.05, 4.69) is 36.1 Å². The molecule has 4 heterocycles. The average Bonchev–Trinajstić information content (AvgIpc) is 3.48. The maximum Gasteiger partial charge on any atom is 0.252 e. The lowest BCUT2D eigenvalue weighted by molar-refractivity contribution is -0.131. The van der Waals surface area contributed by atoms with Crippen LogP contribution in [0.1, 0.15) is 55.2 Å². The van der Waals surface area contributed by atoms with Crippen LogP contribution in [0.5, 0.6) is 5.75 Å². The first-order valence-corrected chi connectivity index (χ1v) is 16.0. The summed E-state index contributed by atoms with van der Waals surface area (Å²) in [7, 11) is 0. The molecule has 2 aliphatic rings. The first kappa shape index (κ1) is 34.8. The molecular weight excluding hydrogens is 612 g/mol. The third kappa shape index (κ3) is 10.5. The molecule has 3 amide bonds. The Morgan fingerprint density at radius 2 is 1.91 bits per heavy atom. The van der Waals surface area contributed by atoms with Gasteiger partial charge < -0.3 is 25.8 Å². The Labute approximate surface area is 274 Å². The number of carbonyl (C=O) groups is 3. The fraction of sp³-hybridized carbons (Fsp3) is 0.500. The highest BCUT2D eigenvalue weighted by Crippen LogP contribution is 2.26. The van der Waals surface area contributed by atoms with E-state index in [4.69, 9.17) is 16.3 Å². The molecule has 0 spiro atoms. The van der Waals surface area contributed by atoms with Crippen molar-refractivity contribution in [3.8, 4) is 5.75 Å². The number of nitrogens with one attached hydrogen (secondary N) is 3. The van der Waals surface area contributed by atoms with E-state index >= 15 is 0 Å². The second-order valence-corrected chi connectivity index (χ2v) is 12.3. The number of halogens is 1. The van der Waals surface area contributed by atoms with E-state index in [0.717, 1.165) is 11.3 Å². The van der Waals surface area contributed by atoms with Crippen LogP contribution in [-0.4, -0.2) is 92.1 Å².